The third kappa shape index (κ3) is 4.60. The van der Waals surface area contributed by atoms with E-state index in [1.165, 1.54) is 89.8 Å². The molecule has 0 bridgehead atoms. The molecule has 2 aliphatic rings. The molecule has 53 heavy (non-hydrogen) atoms. The number of hydrogen-bond donors (Lipinski definition) is 1. The van der Waals surface area contributed by atoms with E-state index in [-0.39, 0.29) is 23.0 Å². The summed E-state index contributed by atoms with van der Waals surface area (Å²) < 4.78 is 9.73. The van der Waals surface area contributed by atoms with Crippen molar-refractivity contribution in [2.24, 2.45) is 0 Å². The van der Waals surface area contributed by atoms with Gasteiger partial charge in [0, 0.05) is 33.1 Å². The van der Waals surface area contributed by atoms with Gasteiger partial charge >= 0.3 is 0 Å². The van der Waals surface area contributed by atoms with E-state index in [0.717, 1.165) is 22.6 Å². The molecule has 1 aliphatic carbocycles. The molecule has 1 aliphatic heterocycles. The van der Waals surface area contributed by atoms with Crippen LogP contribution < -0.4 is 16.4 Å². The van der Waals surface area contributed by atoms with Crippen LogP contribution in [0.1, 0.15) is 78.0 Å². The van der Waals surface area contributed by atoms with Gasteiger partial charge in [-0.05, 0) is 104 Å². The largest absolute Gasteiger partial charge is 0.469 e. The lowest BCUT2D eigenvalue weighted by atomic mass is 9.42. The third-order valence-corrected chi connectivity index (χ3v) is 12.8. The van der Waals surface area contributed by atoms with E-state index >= 15 is 0 Å². The first-order valence-corrected chi connectivity index (χ1v) is 19.4. The average molecular weight is 691 g/mol. The molecule has 8 aromatic rings. The Balaban J connectivity index is 1.30. The SMILES string of the molecule is CB1c2oc3cc4c(cc3c2-n2c3ccccc3c3c5ccccc5c(-c5ccccc5Nc5ccc(C(C)(C)C)cc5)c1c32)C(C)(C)CCC4(C)C. The van der Waals surface area contributed by atoms with Gasteiger partial charge < -0.3 is 14.3 Å². The Kier molecular flexibility index (Phi) is 6.68. The van der Waals surface area contributed by atoms with Crippen molar-refractivity contribution in [3.05, 3.63) is 126 Å². The van der Waals surface area contributed by atoms with Crippen LogP contribution in [-0.4, -0.2) is 11.3 Å². The monoisotopic (exact) mass is 690 g/mol. The lowest BCUT2D eigenvalue weighted by Gasteiger charge is -2.41. The second-order valence-electron chi connectivity index (χ2n) is 18.1. The summed E-state index contributed by atoms with van der Waals surface area (Å²) in [7, 11) is 0. The van der Waals surface area contributed by atoms with E-state index in [1.807, 2.05) is 0 Å². The zero-order valence-electron chi connectivity index (χ0n) is 32.2. The summed E-state index contributed by atoms with van der Waals surface area (Å²) in [6, 6.07) is 40.7. The molecule has 262 valence electrons. The highest BCUT2D eigenvalue weighted by Gasteiger charge is 2.41. The number of fused-ring (bicyclic) bond motifs is 10. The molecule has 3 heterocycles. The Hall–Kier alpha value is -5.22. The molecule has 0 atom stereocenters. The van der Waals surface area contributed by atoms with Gasteiger partial charge in [0.05, 0.1) is 22.4 Å². The van der Waals surface area contributed by atoms with Gasteiger partial charge in [0.2, 0.25) is 0 Å². The molecule has 6 aromatic carbocycles. The molecule has 0 fully saturated rings. The fraction of sp³-hybridized carbons (Fsp3) is 0.265. The first-order valence-electron chi connectivity index (χ1n) is 19.4. The molecule has 3 nitrogen and oxygen atoms in total. The Labute approximate surface area is 313 Å². The van der Waals surface area contributed by atoms with Crippen LogP contribution >= 0.6 is 0 Å². The lowest BCUT2D eigenvalue weighted by molar-refractivity contribution is 0.332. The Bertz CT molecular complexity index is 2810. The van der Waals surface area contributed by atoms with E-state index in [2.05, 4.69) is 174 Å². The smallest absolute Gasteiger partial charge is 0.258 e. The van der Waals surface area contributed by atoms with Gasteiger partial charge in [-0.25, -0.2) is 0 Å². The van der Waals surface area contributed by atoms with Crippen molar-refractivity contribution in [3.8, 4) is 16.8 Å². The number of hydrogen-bond acceptors (Lipinski definition) is 2. The molecule has 2 aromatic heterocycles. The molecule has 10 rings (SSSR count). The van der Waals surface area contributed by atoms with Crippen LogP contribution in [0.3, 0.4) is 0 Å². The van der Waals surface area contributed by atoms with Crippen molar-refractivity contribution in [2.45, 2.75) is 84.4 Å². The normalized spacial score (nSPS) is 16.0. The summed E-state index contributed by atoms with van der Waals surface area (Å²) in [5, 5.41) is 10.2. The molecule has 0 saturated carbocycles. The average Bonchev–Trinajstić information content (AvgIpc) is 3.68. The summed E-state index contributed by atoms with van der Waals surface area (Å²) in [6.45, 7) is 18.8. The number of aromatic nitrogens is 1. The number of anilines is 2. The maximum absolute atomic E-state index is 7.17. The molecular formula is C49H47BN2O. The van der Waals surface area contributed by atoms with Gasteiger partial charge in [-0.15, -0.1) is 0 Å². The molecule has 0 radical (unpaired) electrons. The maximum atomic E-state index is 7.17. The van der Waals surface area contributed by atoms with E-state index in [1.54, 1.807) is 0 Å². The van der Waals surface area contributed by atoms with Gasteiger partial charge in [-0.1, -0.05) is 128 Å². The zero-order chi connectivity index (χ0) is 36.6. The number of furan rings is 1. The van der Waals surface area contributed by atoms with Crippen LogP contribution in [0.4, 0.5) is 11.4 Å². The molecule has 1 N–H and O–H groups in total. The topological polar surface area (TPSA) is 30.1 Å². The molecule has 0 unspecified atom stereocenters. The van der Waals surface area contributed by atoms with Crippen LogP contribution in [0, 0.1) is 0 Å². The fourth-order valence-electron chi connectivity index (χ4n) is 9.73. The Morgan fingerprint density at radius 3 is 2.04 bits per heavy atom. The van der Waals surface area contributed by atoms with Gasteiger partial charge in [0.1, 0.15) is 5.58 Å². The van der Waals surface area contributed by atoms with Crippen LogP contribution in [0.15, 0.2) is 114 Å². The first kappa shape index (κ1) is 32.4. The lowest BCUT2D eigenvalue weighted by Crippen LogP contribution is -2.45. The summed E-state index contributed by atoms with van der Waals surface area (Å²) >= 11 is 0. The van der Waals surface area contributed by atoms with Crippen LogP contribution in [0.25, 0.3) is 60.4 Å². The zero-order valence-corrected chi connectivity index (χ0v) is 32.2. The predicted molar refractivity (Wildman–Crippen MR) is 228 cm³/mol. The Morgan fingerprint density at radius 1 is 0.698 bits per heavy atom. The standard InChI is InChI=1S/C49H47BN2O/c1-47(2,3)29-21-23-30(24-22-29)51-38-19-13-11-17-33(38)41-31-15-9-10-16-32(31)42-34-18-12-14-20-39(34)52-44-35-27-36-37(49(6,7)26-25-48(36,4)5)28-40(35)53-46(44)50(8)43(41)45(42)52/h9-24,27-28,51H,25-26H2,1-8H3. The summed E-state index contributed by atoms with van der Waals surface area (Å²) in [5.74, 6) is 0. The molecular weight excluding hydrogens is 643 g/mol. The van der Waals surface area contributed by atoms with E-state index in [4.69, 9.17) is 4.42 Å². The van der Waals surface area contributed by atoms with Gasteiger partial charge in [-0.2, -0.15) is 0 Å². The van der Waals surface area contributed by atoms with E-state index < -0.39 is 0 Å². The number of para-hydroxylation sites is 2. The third-order valence-electron chi connectivity index (χ3n) is 12.8. The number of nitrogens with one attached hydrogen (secondary N) is 1. The second-order valence-corrected chi connectivity index (χ2v) is 18.1. The minimum Gasteiger partial charge on any atom is -0.469 e. The number of nitrogens with zero attached hydrogens (tertiary/aromatic N) is 1. The van der Waals surface area contributed by atoms with Gasteiger partial charge in [-0.3, -0.25) is 0 Å². The van der Waals surface area contributed by atoms with Crippen molar-refractivity contribution < 1.29 is 4.42 Å². The van der Waals surface area contributed by atoms with Crippen LogP contribution in [0.2, 0.25) is 6.82 Å². The predicted octanol–water partition coefficient (Wildman–Crippen LogP) is 12.3. The summed E-state index contributed by atoms with van der Waals surface area (Å²) in [5.41, 5.74) is 16.3. The van der Waals surface area contributed by atoms with Crippen molar-refractivity contribution in [3.63, 3.8) is 0 Å². The highest BCUT2D eigenvalue weighted by atomic mass is 16.3. The summed E-state index contributed by atoms with van der Waals surface area (Å²) in [4.78, 5) is 0. The maximum Gasteiger partial charge on any atom is 0.258 e. The molecule has 0 spiro atoms. The van der Waals surface area contributed by atoms with Crippen LogP contribution in [-0.2, 0) is 16.2 Å². The second kappa shape index (κ2) is 10.9. The summed E-state index contributed by atoms with van der Waals surface area (Å²) in [6.07, 6.45) is 2.35. The van der Waals surface area contributed by atoms with Crippen molar-refractivity contribution in [1.82, 2.24) is 4.57 Å². The molecule has 0 saturated heterocycles. The first-order chi connectivity index (χ1) is 25.3. The van der Waals surface area contributed by atoms with Crippen molar-refractivity contribution >= 4 is 72.8 Å². The minimum atomic E-state index is 0.0218. The van der Waals surface area contributed by atoms with Gasteiger partial charge in [0.25, 0.3) is 6.71 Å². The highest BCUT2D eigenvalue weighted by Crippen LogP contribution is 2.50. The molecule has 0 amide bonds. The fourth-order valence-corrected chi connectivity index (χ4v) is 9.73. The van der Waals surface area contributed by atoms with E-state index in [9.17, 15) is 0 Å². The van der Waals surface area contributed by atoms with Crippen molar-refractivity contribution in [1.29, 1.82) is 0 Å². The quantitative estimate of drug-likeness (QED) is 0.187. The number of benzene rings is 6. The van der Waals surface area contributed by atoms with Crippen LogP contribution in [0.5, 0.6) is 0 Å². The highest BCUT2D eigenvalue weighted by molar-refractivity contribution is 6.88. The van der Waals surface area contributed by atoms with Gasteiger partial charge in [0.15, 0.2) is 0 Å². The van der Waals surface area contributed by atoms with E-state index in [0.29, 0.717) is 0 Å². The number of rotatable bonds is 3. The minimum absolute atomic E-state index is 0.0218. The van der Waals surface area contributed by atoms with Crippen molar-refractivity contribution in [2.75, 3.05) is 5.32 Å². The Morgan fingerprint density at radius 2 is 1.32 bits per heavy atom. The molecule has 4 heteroatoms.